The molecular formula is C20H24ClFN4O3Si. The fourth-order valence-corrected chi connectivity index (χ4v) is 4.45. The first-order chi connectivity index (χ1) is 14.2. The number of hydrogen-bond donors (Lipinski definition) is 0. The number of benzene rings is 1. The number of alkyl halides is 1. The van der Waals surface area contributed by atoms with Gasteiger partial charge in [0.1, 0.15) is 18.0 Å². The summed E-state index contributed by atoms with van der Waals surface area (Å²) in [5, 5.41) is -0.0583. The summed E-state index contributed by atoms with van der Waals surface area (Å²) in [5.74, 6) is -1.71. The van der Waals surface area contributed by atoms with Gasteiger partial charge in [-0.2, -0.15) is 4.98 Å². The summed E-state index contributed by atoms with van der Waals surface area (Å²) in [6, 6.07) is 7.75. The first-order valence-corrected chi connectivity index (χ1v) is 13.9. The van der Waals surface area contributed by atoms with Crippen LogP contribution in [0.25, 0.3) is 11.2 Å². The molecule has 0 N–H and O–H groups in total. The van der Waals surface area contributed by atoms with E-state index in [1.807, 2.05) is 0 Å². The van der Waals surface area contributed by atoms with E-state index >= 15 is 4.39 Å². The second-order valence-corrected chi connectivity index (χ2v) is 14.6. The van der Waals surface area contributed by atoms with Gasteiger partial charge >= 0.3 is 5.69 Å². The Morgan fingerprint density at radius 1 is 1.33 bits per heavy atom. The van der Waals surface area contributed by atoms with Gasteiger partial charge in [-0.15, -0.1) is 0 Å². The van der Waals surface area contributed by atoms with Crippen LogP contribution in [0.2, 0.25) is 31.0 Å². The second kappa shape index (κ2) is 7.79. The number of nitrogens with zero attached hydrogens (tertiary/aromatic N) is 4. The van der Waals surface area contributed by atoms with Crippen molar-refractivity contribution >= 4 is 30.8 Å². The molecule has 1 aromatic carbocycles. The van der Waals surface area contributed by atoms with Crippen molar-refractivity contribution in [2.75, 3.05) is 13.2 Å². The molecule has 0 fully saturated rings. The lowest BCUT2D eigenvalue weighted by atomic mass is 9.97. The number of imidazole rings is 1. The van der Waals surface area contributed by atoms with Crippen LogP contribution in [0.5, 0.6) is 5.75 Å². The number of aromatic nitrogens is 4. The van der Waals surface area contributed by atoms with Crippen molar-refractivity contribution in [2.45, 2.75) is 44.6 Å². The lowest BCUT2D eigenvalue weighted by Gasteiger charge is -2.32. The molecular weight excluding hydrogens is 427 g/mol. The molecule has 1 unspecified atom stereocenters. The molecule has 4 rings (SSSR count). The minimum atomic E-state index is -2.12. The van der Waals surface area contributed by atoms with Crippen LogP contribution in [0.4, 0.5) is 4.39 Å². The lowest BCUT2D eigenvalue weighted by molar-refractivity contribution is 0.0549. The number of hydrogen-bond acceptors (Lipinski definition) is 5. The first kappa shape index (κ1) is 21.0. The molecule has 10 heteroatoms. The maximum Gasteiger partial charge on any atom is 0.335 e. The molecule has 0 saturated carbocycles. The normalized spacial score (nSPS) is 19.0. The van der Waals surface area contributed by atoms with Crippen LogP contribution in [0.3, 0.4) is 0 Å². The van der Waals surface area contributed by atoms with Crippen molar-refractivity contribution in [3.8, 4) is 5.75 Å². The number of para-hydroxylation sites is 1. The van der Waals surface area contributed by atoms with Gasteiger partial charge in [0.25, 0.3) is 0 Å². The summed E-state index contributed by atoms with van der Waals surface area (Å²) in [5.41, 5.74) is 0.229. The molecule has 160 valence electrons. The van der Waals surface area contributed by atoms with E-state index in [2.05, 4.69) is 29.6 Å². The molecule has 30 heavy (non-hydrogen) atoms. The standard InChI is InChI=1S/C20H24ClFN4O3Si/c1-30(2,3)11-10-28-13-25-15-12-23-18(21)24-17(15)26(19(25)27)20(22)8-9-29-16-7-5-4-6-14(16)20/h4-7,12H,8-11,13H2,1-3H3. The number of fused-ring (bicyclic) bond motifs is 2. The largest absolute Gasteiger partial charge is 0.493 e. The molecule has 2 aromatic heterocycles. The third-order valence-corrected chi connectivity index (χ3v) is 7.09. The summed E-state index contributed by atoms with van der Waals surface area (Å²) >= 11 is 5.99. The van der Waals surface area contributed by atoms with E-state index in [-0.39, 0.29) is 36.3 Å². The molecule has 0 radical (unpaired) electrons. The van der Waals surface area contributed by atoms with Gasteiger partial charge in [0.05, 0.1) is 18.4 Å². The zero-order valence-corrected chi connectivity index (χ0v) is 18.9. The van der Waals surface area contributed by atoms with Crippen LogP contribution >= 0.6 is 11.6 Å². The van der Waals surface area contributed by atoms with Gasteiger partial charge in [0.15, 0.2) is 5.65 Å². The van der Waals surface area contributed by atoms with Gasteiger partial charge in [-0.3, -0.25) is 4.57 Å². The molecule has 0 saturated heterocycles. The van der Waals surface area contributed by atoms with Gasteiger partial charge in [-0.05, 0) is 23.7 Å². The molecule has 1 atom stereocenters. The van der Waals surface area contributed by atoms with Gasteiger partial charge in [0, 0.05) is 21.1 Å². The van der Waals surface area contributed by atoms with Crippen LogP contribution in [-0.4, -0.2) is 40.4 Å². The monoisotopic (exact) mass is 450 g/mol. The average Bonchev–Trinajstić information content (AvgIpc) is 2.96. The Hall–Kier alpha value is -2.23. The van der Waals surface area contributed by atoms with E-state index in [1.54, 1.807) is 24.3 Å². The van der Waals surface area contributed by atoms with Crippen LogP contribution < -0.4 is 10.4 Å². The average molecular weight is 451 g/mol. The molecule has 0 spiro atoms. The molecule has 0 aliphatic carbocycles. The SMILES string of the molecule is C[Si](C)(C)CCOCn1c(=O)n(C2(F)CCOc3ccccc32)c2nc(Cl)ncc21. The first-order valence-electron chi connectivity index (χ1n) is 9.84. The highest BCUT2D eigenvalue weighted by Crippen LogP contribution is 2.41. The zero-order valence-electron chi connectivity index (χ0n) is 17.2. The fraction of sp³-hybridized carbons (Fsp3) is 0.450. The van der Waals surface area contributed by atoms with Crippen molar-refractivity contribution in [1.29, 1.82) is 0 Å². The van der Waals surface area contributed by atoms with Crippen molar-refractivity contribution in [1.82, 2.24) is 19.1 Å². The van der Waals surface area contributed by atoms with Crippen LogP contribution in [0.1, 0.15) is 12.0 Å². The quantitative estimate of drug-likeness (QED) is 0.322. The number of rotatable bonds is 6. The topological polar surface area (TPSA) is 71.2 Å². The number of ether oxygens (including phenoxy) is 2. The summed E-state index contributed by atoms with van der Waals surface area (Å²) in [6.45, 7) is 7.41. The Morgan fingerprint density at radius 3 is 2.87 bits per heavy atom. The minimum Gasteiger partial charge on any atom is -0.493 e. The molecule has 0 amide bonds. The Bertz CT molecular complexity index is 1140. The van der Waals surface area contributed by atoms with Gasteiger partial charge in [-0.25, -0.2) is 18.7 Å². The highest BCUT2D eigenvalue weighted by Gasteiger charge is 2.43. The summed E-state index contributed by atoms with van der Waals surface area (Å²) in [6.07, 6.45) is 1.40. The summed E-state index contributed by atoms with van der Waals surface area (Å²) < 4.78 is 30.3. The molecule has 3 aromatic rings. The summed E-state index contributed by atoms with van der Waals surface area (Å²) in [4.78, 5) is 21.5. The van der Waals surface area contributed by atoms with Gasteiger partial charge in [0.2, 0.25) is 11.1 Å². The second-order valence-electron chi connectivity index (χ2n) is 8.60. The third-order valence-electron chi connectivity index (χ3n) is 5.21. The third kappa shape index (κ3) is 3.77. The van der Waals surface area contributed by atoms with E-state index in [0.717, 1.165) is 10.6 Å². The molecule has 7 nitrogen and oxygen atoms in total. The van der Waals surface area contributed by atoms with E-state index < -0.39 is 19.6 Å². The maximum atomic E-state index is 16.5. The summed E-state index contributed by atoms with van der Waals surface area (Å²) in [7, 11) is -1.28. The van der Waals surface area contributed by atoms with Crippen molar-refractivity contribution < 1.29 is 13.9 Å². The smallest absolute Gasteiger partial charge is 0.335 e. The minimum absolute atomic E-state index is 0.00790. The van der Waals surface area contributed by atoms with E-state index in [1.165, 1.54) is 10.8 Å². The lowest BCUT2D eigenvalue weighted by Crippen LogP contribution is -2.42. The molecule has 3 heterocycles. The predicted octanol–water partition coefficient (Wildman–Crippen LogP) is 4.01. The zero-order chi connectivity index (χ0) is 21.5. The highest BCUT2D eigenvalue weighted by atomic mass is 35.5. The van der Waals surface area contributed by atoms with Crippen LogP contribution in [0.15, 0.2) is 35.3 Å². The fourth-order valence-electron chi connectivity index (χ4n) is 3.57. The van der Waals surface area contributed by atoms with Crippen LogP contribution in [-0.2, 0) is 17.3 Å². The van der Waals surface area contributed by atoms with Gasteiger partial charge in [-0.1, -0.05) is 37.8 Å². The maximum absolute atomic E-state index is 16.5. The molecule has 1 aliphatic rings. The van der Waals surface area contributed by atoms with Crippen LogP contribution in [0, 0.1) is 0 Å². The predicted molar refractivity (Wildman–Crippen MR) is 116 cm³/mol. The van der Waals surface area contributed by atoms with Crippen molar-refractivity contribution in [2.24, 2.45) is 0 Å². The highest BCUT2D eigenvalue weighted by molar-refractivity contribution is 6.76. The van der Waals surface area contributed by atoms with E-state index in [0.29, 0.717) is 17.9 Å². The van der Waals surface area contributed by atoms with Gasteiger partial charge < -0.3 is 9.47 Å². The Kier molecular flexibility index (Phi) is 5.46. The van der Waals surface area contributed by atoms with Crippen molar-refractivity contribution in [3.05, 3.63) is 51.8 Å². The molecule has 1 aliphatic heterocycles. The Balaban J connectivity index is 1.81. The Labute approximate surface area is 179 Å². The van der Waals surface area contributed by atoms with Crippen molar-refractivity contribution in [3.63, 3.8) is 0 Å². The molecule has 0 bridgehead atoms. The number of halogens is 2. The van der Waals surface area contributed by atoms with E-state index in [4.69, 9.17) is 21.1 Å². The Morgan fingerprint density at radius 2 is 2.10 bits per heavy atom. The van der Waals surface area contributed by atoms with E-state index in [9.17, 15) is 4.79 Å².